The van der Waals surface area contributed by atoms with E-state index >= 15 is 0 Å². The molecule has 0 fully saturated rings. The van der Waals surface area contributed by atoms with Gasteiger partial charge in [0.05, 0.1) is 12.7 Å². The minimum atomic E-state index is 0.273. The highest BCUT2D eigenvalue weighted by molar-refractivity contribution is 4.60. The molecule has 0 aromatic rings. The molecule has 0 radical (unpaired) electrons. The highest BCUT2D eigenvalue weighted by Gasteiger charge is 2.10. The fourth-order valence-corrected chi connectivity index (χ4v) is 1.03. The molecule has 0 saturated carbocycles. The lowest BCUT2D eigenvalue weighted by Crippen LogP contribution is -2.20. The van der Waals surface area contributed by atoms with Crippen LogP contribution >= 0.6 is 0 Å². The monoisotopic (exact) mass is 160 g/mol. The van der Waals surface area contributed by atoms with Gasteiger partial charge in [-0.2, -0.15) is 0 Å². The van der Waals surface area contributed by atoms with Gasteiger partial charge in [-0.1, -0.05) is 20.3 Å². The van der Waals surface area contributed by atoms with Crippen molar-refractivity contribution in [2.45, 2.75) is 32.8 Å². The number of ether oxygens (including phenoxy) is 2. The first-order valence-corrected chi connectivity index (χ1v) is 4.26. The van der Waals surface area contributed by atoms with E-state index in [0.29, 0.717) is 6.61 Å². The van der Waals surface area contributed by atoms with Gasteiger partial charge in [-0.05, 0) is 12.3 Å². The van der Waals surface area contributed by atoms with Gasteiger partial charge >= 0.3 is 0 Å². The molecule has 0 saturated heterocycles. The van der Waals surface area contributed by atoms with Gasteiger partial charge in [-0.15, -0.1) is 0 Å². The molecule has 0 spiro atoms. The third-order valence-corrected chi connectivity index (χ3v) is 2.05. The second-order valence-corrected chi connectivity index (χ2v) is 3.06. The number of hydrogen-bond acceptors (Lipinski definition) is 2. The summed E-state index contributed by atoms with van der Waals surface area (Å²) in [6.07, 6.45) is 2.58. The average Bonchev–Trinajstić information content (AvgIpc) is 2.03. The fraction of sp³-hybridized carbons (Fsp3) is 1.00. The maximum Gasteiger partial charge on any atom is 0.0807 e. The van der Waals surface area contributed by atoms with Crippen molar-refractivity contribution in [2.75, 3.05) is 20.8 Å². The quantitative estimate of drug-likeness (QED) is 0.592. The number of methoxy groups -OCH3 is 2. The molecule has 0 heterocycles. The lowest BCUT2D eigenvalue weighted by Gasteiger charge is -2.17. The van der Waals surface area contributed by atoms with Crippen molar-refractivity contribution in [2.24, 2.45) is 5.92 Å². The summed E-state index contributed by atoms with van der Waals surface area (Å²) in [6.45, 7) is 5.15. The molecule has 0 rings (SSSR count). The molecule has 2 nitrogen and oxygen atoms in total. The van der Waals surface area contributed by atoms with E-state index in [1.807, 2.05) is 0 Å². The summed E-state index contributed by atoms with van der Waals surface area (Å²) in [7, 11) is 3.45. The molecule has 11 heavy (non-hydrogen) atoms. The summed E-state index contributed by atoms with van der Waals surface area (Å²) in [4.78, 5) is 0. The third kappa shape index (κ3) is 5.22. The van der Waals surface area contributed by atoms with Crippen molar-refractivity contribution in [1.82, 2.24) is 0 Å². The fourth-order valence-electron chi connectivity index (χ4n) is 1.03. The van der Waals surface area contributed by atoms with Crippen molar-refractivity contribution in [3.05, 3.63) is 0 Å². The summed E-state index contributed by atoms with van der Waals surface area (Å²) >= 11 is 0. The summed E-state index contributed by atoms with van der Waals surface area (Å²) < 4.78 is 10.3. The van der Waals surface area contributed by atoms with Gasteiger partial charge in [0.1, 0.15) is 0 Å². The molecule has 2 atom stereocenters. The van der Waals surface area contributed by atoms with Crippen molar-refractivity contribution in [3.63, 3.8) is 0 Å². The smallest absolute Gasteiger partial charge is 0.0807 e. The molecule has 0 aromatic carbocycles. The van der Waals surface area contributed by atoms with Crippen molar-refractivity contribution < 1.29 is 9.47 Å². The molecule has 0 amide bonds. The van der Waals surface area contributed by atoms with Gasteiger partial charge in [0.25, 0.3) is 0 Å². The SMILES string of the molecule is CC[C@@H](C)CC(COC)OC. The summed E-state index contributed by atoms with van der Waals surface area (Å²) in [5.41, 5.74) is 0. The molecule has 0 aromatic heterocycles. The van der Waals surface area contributed by atoms with E-state index in [4.69, 9.17) is 9.47 Å². The van der Waals surface area contributed by atoms with Gasteiger partial charge < -0.3 is 9.47 Å². The molecule has 2 heteroatoms. The van der Waals surface area contributed by atoms with Crippen LogP contribution in [0.2, 0.25) is 0 Å². The minimum absolute atomic E-state index is 0.273. The van der Waals surface area contributed by atoms with E-state index in [0.717, 1.165) is 12.3 Å². The first-order chi connectivity index (χ1) is 5.24. The molecule has 0 bridgehead atoms. The van der Waals surface area contributed by atoms with Crippen LogP contribution < -0.4 is 0 Å². The van der Waals surface area contributed by atoms with Crippen LogP contribution in [0.4, 0.5) is 0 Å². The zero-order chi connectivity index (χ0) is 8.69. The average molecular weight is 160 g/mol. The van der Waals surface area contributed by atoms with Gasteiger partial charge in [-0.25, -0.2) is 0 Å². The maximum absolute atomic E-state index is 5.24. The summed E-state index contributed by atoms with van der Waals surface area (Å²) in [5, 5.41) is 0. The highest BCUT2D eigenvalue weighted by Crippen LogP contribution is 2.11. The topological polar surface area (TPSA) is 18.5 Å². The Kier molecular flexibility index (Phi) is 6.57. The predicted octanol–water partition coefficient (Wildman–Crippen LogP) is 2.08. The Hall–Kier alpha value is -0.0800. The Morgan fingerprint density at radius 3 is 2.27 bits per heavy atom. The van der Waals surface area contributed by atoms with E-state index in [2.05, 4.69) is 13.8 Å². The van der Waals surface area contributed by atoms with Crippen molar-refractivity contribution >= 4 is 0 Å². The zero-order valence-corrected chi connectivity index (χ0v) is 8.09. The molecule has 0 aliphatic heterocycles. The van der Waals surface area contributed by atoms with Gasteiger partial charge in [0.15, 0.2) is 0 Å². The number of hydrogen-bond donors (Lipinski definition) is 0. The molecule has 1 unspecified atom stereocenters. The van der Waals surface area contributed by atoms with Crippen LogP contribution in [0.1, 0.15) is 26.7 Å². The molecular weight excluding hydrogens is 140 g/mol. The Bertz CT molecular complexity index is 83.6. The van der Waals surface area contributed by atoms with Crippen LogP contribution in [-0.2, 0) is 9.47 Å². The van der Waals surface area contributed by atoms with E-state index in [1.165, 1.54) is 6.42 Å². The first-order valence-electron chi connectivity index (χ1n) is 4.26. The van der Waals surface area contributed by atoms with Gasteiger partial charge in [0, 0.05) is 14.2 Å². The molecule has 0 N–H and O–H groups in total. The Morgan fingerprint density at radius 1 is 1.27 bits per heavy atom. The van der Waals surface area contributed by atoms with Crippen LogP contribution in [0.3, 0.4) is 0 Å². The van der Waals surface area contributed by atoms with E-state index < -0.39 is 0 Å². The van der Waals surface area contributed by atoms with Crippen LogP contribution in [-0.4, -0.2) is 26.9 Å². The van der Waals surface area contributed by atoms with E-state index in [1.54, 1.807) is 14.2 Å². The molecule has 0 aliphatic rings. The minimum Gasteiger partial charge on any atom is -0.382 e. The first kappa shape index (κ1) is 10.9. The third-order valence-electron chi connectivity index (χ3n) is 2.05. The van der Waals surface area contributed by atoms with Crippen molar-refractivity contribution in [3.8, 4) is 0 Å². The largest absolute Gasteiger partial charge is 0.382 e. The zero-order valence-electron chi connectivity index (χ0n) is 8.09. The van der Waals surface area contributed by atoms with Crippen LogP contribution in [0.25, 0.3) is 0 Å². The molecular formula is C9H20O2. The van der Waals surface area contributed by atoms with Gasteiger partial charge in [0.2, 0.25) is 0 Å². The molecule has 0 aliphatic carbocycles. The van der Waals surface area contributed by atoms with Crippen molar-refractivity contribution in [1.29, 1.82) is 0 Å². The van der Waals surface area contributed by atoms with E-state index in [9.17, 15) is 0 Å². The Balaban J connectivity index is 3.49. The second-order valence-electron chi connectivity index (χ2n) is 3.06. The van der Waals surface area contributed by atoms with Crippen LogP contribution in [0.5, 0.6) is 0 Å². The Labute approximate surface area is 69.9 Å². The Morgan fingerprint density at radius 2 is 1.91 bits per heavy atom. The summed E-state index contributed by atoms with van der Waals surface area (Å²) in [6, 6.07) is 0. The highest BCUT2D eigenvalue weighted by atomic mass is 16.5. The normalized spacial score (nSPS) is 16.4. The molecule has 68 valence electrons. The van der Waals surface area contributed by atoms with Gasteiger partial charge in [-0.3, -0.25) is 0 Å². The van der Waals surface area contributed by atoms with Crippen LogP contribution in [0.15, 0.2) is 0 Å². The lowest BCUT2D eigenvalue weighted by atomic mass is 10.0. The summed E-state index contributed by atoms with van der Waals surface area (Å²) in [5.74, 6) is 0.732. The second kappa shape index (κ2) is 6.62. The number of rotatable bonds is 6. The van der Waals surface area contributed by atoms with E-state index in [-0.39, 0.29) is 6.10 Å². The van der Waals surface area contributed by atoms with Crippen LogP contribution in [0, 0.1) is 5.92 Å². The predicted molar refractivity (Wildman–Crippen MR) is 46.7 cm³/mol. The standard InChI is InChI=1S/C9H20O2/c1-5-8(2)6-9(11-4)7-10-3/h8-9H,5-7H2,1-4H3/t8-,9?/m1/s1. The maximum atomic E-state index is 5.24. The lowest BCUT2D eigenvalue weighted by molar-refractivity contribution is 0.0149.